The van der Waals surface area contributed by atoms with E-state index in [0.29, 0.717) is 22.6 Å². The number of aromatic nitrogens is 1. The minimum atomic E-state index is -3.76. The second-order valence-corrected chi connectivity index (χ2v) is 7.02. The molecule has 1 heterocycles. The molecule has 0 unspecified atom stereocenters. The third kappa shape index (κ3) is 2.98. The van der Waals surface area contributed by atoms with Crippen molar-refractivity contribution >= 4 is 10.0 Å². The van der Waals surface area contributed by atoms with Gasteiger partial charge in [-0.3, -0.25) is 0 Å². The Morgan fingerprint density at radius 3 is 2.48 bits per heavy atom. The topological polar surface area (TPSA) is 63.4 Å². The van der Waals surface area contributed by atoms with Crippen LogP contribution in [-0.2, 0) is 16.6 Å². The van der Waals surface area contributed by atoms with Crippen LogP contribution in [-0.4, -0.2) is 24.9 Å². The van der Waals surface area contributed by atoms with Gasteiger partial charge in [0.2, 0.25) is 10.0 Å². The Balaban J connectivity index is 2.32. The van der Waals surface area contributed by atoms with Crippen molar-refractivity contribution in [2.24, 2.45) is 0 Å². The molecule has 5 nitrogen and oxygen atoms in total. The molecule has 0 saturated carbocycles. The second kappa shape index (κ2) is 5.57. The van der Waals surface area contributed by atoms with Crippen molar-refractivity contribution in [1.29, 1.82) is 0 Å². The summed E-state index contributed by atoms with van der Waals surface area (Å²) in [6.45, 7) is 5.18. The first kappa shape index (κ1) is 15.7. The number of nitrogens with zero attached hydrogens (tertiary/aromatic N) is 2. The third-order valence-electron chi connectivity index (χ3n) is 3.41. The van der Waals surface area contributed by atoms with Gasteiger partial charge in [-0.2, -0.15) is 4.31 Å². The lowest BCUT2D eigenvalue weighted by molar-refractivity contribution is 0.390. The van der Waals surface area contributed by atoms with E-state index in [0.717, 1.165) is 10.4 Å². The van der Waals surface area contributed by atoms with Crippen LogP contribution < -0.4 is 0 Å². The lowest BCUT2D eigenvalue weighted by Crippen LogP contribution is -2.27. The minimum Gasteiger partial charge on any atom is -0.361 e. The zero-order valence-corrected chi connectivity index (χ0v) is 13.2. The maximum atomic E-state index is 13.6. The van der Waals surface area contributed by atoms with Crippen LogP contribution in [0.3, 0.4) is 0 Å². The largest absolute Gasteiger partial charge is 0.361 e. The Morgan fingerprint density at radius 2 is 1.95 bits per heavy atom. The molecule has 0 radical (unpaired) electrons. The lowest BCUT2D eigenvalue weighted by atomic mass is 10.2. The van der Waals surface area contributed by atoms with Crippen LogP contribution in [0.25, 0.3) is 0 Å². The zero-order valence-electron chi connectivity index (χ0n) is 12.3. The predicted molar refractivity (Wildman–Crippen MR) is 75.8 cm³/mol. The van der Waals surface area contributed by atoms with Gasteiger partial charge in [0, 0.05) is 19.2 Å². The van der Waals surface area contributed by atoms with Gasteiger partial charge >= 0.3 is 0 Å². The number of aryl methyl sites for hydroxylation is 3. The van der Waals surface area contributed by atoms with Gasteiger partial charge in [0.1, 0.15) is 11.6 Å². The summed E-state index contributed by atoms with van der Waals surface area (Å²) in [4.78, 5) is -0.0696. The van der Waals surface area contributed by atoms with E-state index in [2.05, 4.69) is 5.16 Å². The molecule has 0 saturated heterocycles. The molecule has 2 aromatic rings. The number of benzene rings is 1. The SMILES string of the molecule is Cc1ccc(S(=O)(=O)N(C)Cc2c(C)noc2C)cc1F. The van der Waals surface area contributed by atoms with Crippen molar-refractivity contribution < 1.29 is 17.3 Å². The highest BCUT2D eigenvalue weighted by molar-refractivity contribution is 7.89. The summed E-state index contributed by atoms with van der Waals surface area (Å²) in [7, 11) is -2.32. The summed E-state index contributed by atoms with van der Waals surface area (Å²) >= 11 is 0. The van der Waals surface area contributed by atoms with Crippen LogP contribution in [0, 0.1) is 26.6 Å². The molecule has 0 N–H and O–H groups in total. The fourth-order valence-electron chi connectivity index (χ4n) is 1.95. The van der Waals surface area contributed by atoms with Crippen LogP contribution in [0.4, 0.5) is 4.39 Å². The van der Waals surface area contributed by atoms with Gasteiger partial charge in [0.15, 0.2) is 0 Å². The highest BCUT2D eigenvalue weighted by Crippen LogP contribution is 2.21. The van der Waals surface area contributed by atoms with Crippen LogP contribution in [0.5, 0.6) is 0 Å². The normalized spacial score (nSPS) is 12.1. The number of hydrogen-bond donors (Lipinski definition) is 0. The van der Waals surface area contributed by atoms with Crippen molar-refractivity contribution in [3.63, 3.8) is 0 Å². The summed E-state index contributed by atoms with van der Waals surface area (Å²) in [5.74, 6) is 0.0338. The Morgan fingerprint density at radius 1 is 1.29 bits per heavy atom. The molecule has 0 atom stereocenters. The van der Waals surface area contributed by atoms with Crippen molar-refractivity contribution in [3.8, 4) is 0 Å². The molecule has 0 aliphatic rings. The number of hydrogen-bond acceptors (Lipinski definition) is 4. The summed E-state index contributed by atoms with van der Waals surface area (Å²) in [5.41, 5.74) is 1.76. The van der Waals surface area contributed by atoms with Crippen LogP contribution in [0.2, 0.25) is 0 Å². The molecule has 1 aromatic carbocycles. The van der Waals surface area contributed by atoms with Gasteiger partial charge in [0.05, 0.1) is 10.6 Å². The Labute approximate surface area is 123 Å². The van der Waals surface area contributed by atoms with Gasteiger partial charge in [-0.1, -0.05) is 11.2 Å². The molecule has 0 aliphatic heterocycles. The maximum absolute atomic E-state index is 13.6. The first-order chi connectivity index (χ1) is 9.73. The maximum Gasteiger partial charge on any atom is 0.243 e. The van der Waals surface area contributed by atoms with E-state index in [9.17, 15) is 12.8 Å². The van der Waals surface area contributed by atoms with Crippen LogP contribution in [0.1, 0.15) is 22.6 Å². The number of rotatable bonds is 4. The van der Waals surface area contributed by atoms with E-state index < -0.39 is 15.8 Å². The first-order valence-corrected chi connectivity index (χ1v) is 7.81. The molecule has 2 rings (SSSR count). The van der Waals surface area contributed by atoms with E-state index in [4.69, 9.17) is 4.52 Å². The minimum absolute atomic E-state index is 0.0696. The van der Waals surface area contributed by atoms with E-state index in [1.807, 2.05) is 0 Å². The molecular formula is C14H17FN2O3S. The highest BCUT2D eigenvalue weighted by atomic mass is 32.2. The molecule has 0 bridgehead atoms. The van der Waals surface area contributed by atoms with E-state index in [1.54, 1.807) is 20.8 Å². The van der Waals surface area contributed by atoms with E-state index >= 15 is 0 Å². The second-order valence-electron chi connectivity index (χ2n) is 4.97. The van der Waals surface area contributed by atoms with Crippen LogP contribution in [0.15, 0.2) is 27.6 Å². The molecule has 7 heteroatoms. The molecule has 114 valence electrons. The summed E-state index contributed by atoms with van der Waals surface area (Å²) < 4.78 is 44.7. The van der Waals surface area contributed by atoms with Gasteiger partial charge in [-0.15, -0.1) is 0 Å². The van der Waals surface area contributed by atoms with Crippen LogP contribution >= 0.6 is 0 Å². The average molecular weight is 312 g/mol. The first-order valence-electron chi connectivity index (χ1n) is 6.37. The smallest absolute Gasteiger partial charge is 0.243 e. The summed E-state index contributed by atoms with van der Waals surface area (Å²) in [5, 5.41) is 3.79. The van der Waals surface area contributed by atoms with Gasteiger partial charge in [-0.25, -0.2) is 12.8 Å². The molecule has 0 spiro atoms. The average Bonchev–Trinajstić information content (AvgIpc) is 2.73. The van der Waals surface area contributed by atoms with E-state index in [1.165, 1.54) is 19.2 Å². The quantitative estimate of drug-likeness (QED) is 0.870. The number of sulfonamides is 1. The Kier molecular flexibility index (Phi) is 4.15. The molecule has 0 aliphatic carbocycles. The predicted octanol–water partition coefficient (Wildman–Crippen LogP) is 2.56. The number of halogens is 1. The van der Waals surface area contributed by atoms with Gasteiger partial charge in [-0.05, 0) is 38.5 Å². The van der Waals surface area contributed by atoms with Gasteiger partial charge < -0.3 is 4.52 Å². The monoisotopic (exact) mass is 312 g/mol. The summed E-state index contributed by atoms with van der Waals surface area (Å²) in [6, 6.07) is 3.89. The van der Waals surface area contributed by atoms with Crippen molar-refractivity contribution in [2.75, 3.05) is 7.05 Å². The molecule has 1 aromatic heterocycles. The fourth-order valence-corrected chi connectivity index (χ4v) is 3.10. The van der Waals surface area contributed by atoms with Crippen molar-refractivity contribution in [2.45, 2.75) is 32.2 Å². The van der Waals surface area contributed by atoms with Crippen molar-refractivity contribution in [3.05, 3.63) is 46.6 Å². The lowest BCUT2D eigenvalue weighted by Gasteiger charge is -2.17. The molecule has 0 fully saturated rings. The van der Waals surface area contributed by atoms with Crippen molar-refractivity contribution in [1.82, 2.24) is 9.46 Å². The zero-order chi connectivity index (χ0) is 15.8. The molecule has 0 amide bonds. The standard InChI is InChI=1S/C14H17FN2O3S/c1-9-5-6-12(7-14(9)15)21(18,19)17(4)8-13-10(2)16-20-11(13)3/h5-7H,8H2,1-4H3. The Hall–Kier alpha value is -1.73. The fraction of sp³-hybridized carbons (Fsp3) is 0.357. The summed E-state index contributed by atoms with van der Waals surface area (Å²) in [6.07, 6.45) is 0. The Bertz CT molecular complexity index is 749. The highest BCUT2D eigenvalue weighted by Gasteiger charge is 2.24. The third-order valence-corrected chi connectivity index (χ3v) is 5.21. The molecular weight excluding hydrogens is 295 g/mol. The van der Waals surface area contributed by atoms with Gasteiger partial charge in [0.25, 0.3) is 0 Å². The van der Waals surface area contributed by atoms with E-state index in [-0.39, 0.29) is 11.4 Å². The molecule has 21 heavy (non-hydrogen) atoms.